The molecule has 29 heavy (non-hydrogen) atoms. The predicted octanol–water partition coefficient (Wildman–Crippen LogP) is 4.62. The molecule has 0 aliphatic heterocycles. The Balaban J connectivity index is 2.21. The van der Waals surface area contributed by atoms with E-state index in [-0.39, 0.29) is 17.8 Å². The van der Waals surface area contributed by atoms with Gasteiger partial charge in [-0.2, -0.15) is 0 Å². The SMILES string of the molecule is COC(=O)C(Cc1ccc(Cl)c(Cl)c1)c1cc(=O)oc2c(OC)c(OC)ccc12. The van der Waals surface area contributed by atoms with Gasteiger partial charge in [-0.15, -0.1) is 0 Å². The second kappa shape index (κ2) is 8.76. The van der Waals surface area contributed by atoms with Crippen molar-refractivity contribution in [3.63, 3.8) is 0 Å². The molecule has 0 saturated heterocycles. The summed E-state index contributed by atoms with van der Waals surface area (Å²) >= 11 is 12.1. The number of fused-ring (bicyclic) bond motifs is 1. The van der Waals surface area contributed by atoms with E-state index < -0.39 is 17.5 Å². The van der Waals surface area contributed by atoms with E-state index >= 15 is 0 Å². The highest BCUT2D eigenvalue weighted by Gasteiger charge is 2.27. The van der Waals surface area contributed by atoms with Gasteiger partial charge in [-0.1, -0.05) is 29.3 Å². The number of rotatable bonds is 6. The Morgan fingerprint density at radius 1 is 1.03 bits per heavy atom. The molecule has 0 N–H and O–H groups in total. The van der Waals surface area contributed by atoms with Crippen molar-refractivity contribution in [1.29, 1.82) is 0 Å². The maximum atomic E-state index is 12.6. The molecule has 1 heterocycles. The minimum Gasteiger partial charge on any atom is -0.493 e. The summed E-state index contributed by atoms with van der Waals surface area (Å²) in [6, 6.07) is 9.77. The van der Waals surface area contributed by atoms with E-state index in [1.807, 2.05) is 0 Å². The van der Waals surface area contributed by atoms with Gasteiger partial charge in [-0.25, -0.2) is 4.79 Å². The summed E-state index contributed by atoms with van der Waals surface area (Å²) in [6.45, 7) is 0. The number of carbonyl (C=O) groups is 1. The molecule has 0 bridgehead atoms. The molecule has 0 saturated carbocycles. The van der Waals surface area contributed by atoms with Gasteiger partial charge in [0, 0.05) is 11.5 Å². The highest BCUT2D eigenvalue weighted by Crippen LogP contribution is 2.38. The minimum atomic E-state index is -0.776. The smallest absolute Gasteiger partial charge is 0.336 e. The van der Waals surface area contributed by atoms with E-state index in [0.29, 0.717) is 26.7 Å². The van der Waals surface area contributed by atoms with Gasteiger partial charge in [0.05, 0.1) is 37.3 Å². The molecular formula is C21H18Cl2O6. The van der Waals surface area contributed by atoms with Gasteiger partial charge in [0.25, 0.3) is 0 Å². The summed E-state index contributed by atoms with van der Waals surface area (Å²) in [5, 5.41) is 1.32. The largest absolute Gasteiger partial charge is 0.493 e. The Hall–Kier alpha value is -2.70. The summed E-state index contributed by atoms with van der Waals surface area (Å²) < 4.78 is 21.0. The zero-order valence-electron chi connectivity index (χ0n) is 16.0. The van der Waals surface area contributed by atoms with Crippen molar-refractivity contribution in [2.75, 3.05) is 21.3 Å². The monoisotopic (exact) mass is 436 g/mol. The maximum absolute atomic E-state index is 12.6. The molecule has 1 unspecified atom stereocenters. The number of hydrogen-bond acceptors (Lipinski definition) is 6. The van der Waals surface area contributed by atoms with E-state index in [1.54, 1.807) is 30.3 Å². The van der Waals surface area contributed by atoms with Crippen LogP contribution in [0.3, 0.4) is 0 Å². The number of hydrogen-bond donors (Lipinski definition) is 0. The van der Waals surface area contributed by atoms with Crippen LogP contribution in [-0.2, 0) is 16.0 Å². The molecule has 8 heteroatoms. The predicted molar refractivity (Wildman–Crippen MR) is 111 cm³/mol. The fourth-order valence-corrected chi connectivity index (χ4v) is 3.54. The standard InChI is InChI=1S/C21H18Cl2O6/c1-26-17-7-5-12-13(10-18(24)29-19(12)20(17)27-2)14(21(25)28-3)8-11-4-6-15(22)16(23)9-11/h4-7,9-10,14H,8H2,1-3H3. The first kappa shape index (κ1) is 21.0. The van der Waals surface area contributed by atoms with Gasteiger partial charge in [0.1, 0.15) is 0 Å². The lowest BCUT2D eigenvalue weighted by Gasteiger charge is -2.18. The van der Waals surface area contributed by atoms with E-state index in [0.717, 1.165) is 5.56 Å². The number of ether oxygens (including phenoxy) is 3. The van der Waals surface area contributed by atoms with Crippen LogP contribution in [0.25, 0.3) is 11.0 Å². The minimum absolute atomic E-state index is 0.192. The van der Waals surface area contributed by atoms with Crippen molar-refractivity contribution in [3.05, 3.63) is 68.0 Å². The Morgan fingerprint density at radius 3 is 2.41 bits per heavy atom. The normalized spacial score (nSPS) is 11.9. The zero-order chi connectivity index (χ0) is 21.1. The average molecular weight is 437 g/mol. The van der Waals surface area contributed by atoms with Crippen LogP contribution in [0, 0.1) is 0 Å². The summed E-state index contributed by atoms with van der Waals surface area (Å²) in [5.74, 6) is -0.610. The van der Waals surface area contributed by atoms with Crippen LogP contribution >= 0.6 is 23.2 Å². The molecule has 2 aromatic carbocycles. The lowest BCUT2D eigenvalue weighted by molar-refractivity contribution is -0.142. The molecule has 1 atom stereocenters. The quantitative estimate of drug-likeness (QED) is 0.414. The van der Waals surface area contributed by atoms with E-state index in [4.69, 9.17) is 41.8 Å². The van der Waals surface area contributed by atoms with Crippen molar-refractivity contribution in [2.45, 2.75) is 12.3 Å². The number of halogens is 2. The number of benzene rings is 2. The summed E-state index contributed by atoms with van der Waals surface area (Å²) in [7, 11) is 4.21. The number of esters is 1. The van der Waals surface area contributed by atoms with Crippen LogP contribution in [0.2, 0.25) is 10.0 Å². The molecular weight excluding hydrogens is 419 g/mol. The molecule has 6 nitrogen and oxygen atoms in total. The van der Waals surface area contributed by atoms with Gasteiger partial charge in [-0.3, -0.25) is 4.79 Å². The van der Waals surface area contributed by atoms with E-state index in [9.17, 15) is 9.59 Å². The van der Waals surface area contributed by atoms with Crippen molar-refractivity contribution in [2.24, 2.45) is 0 Å². The van der Waals surface area contributed by atoms with Crippen molar-refractivity contribution in [3.8, 4) is 11.5 Å². The third-order valence-corrected chi connectivity index (χ3v) is 5.31. The molecule has 0 spiro atoms. The number of methoxy groups -OCH3 is 3. The molecule has 0 radical (unpaired) electrons. The fraction of sp³-hybridized carbons (Fsp3) is 0.238. The van der Waals surface area contributed by atoms with Gasteiger partial charge < -0.3 is 18.6 Å². The molecule has 3 aromatic rings. The lowest BCUT2D eigenvalue weighted by atomic mass is 9.90. The Bertz CT molecular complexity index is 1120. The third-order valence-electron chi connectivity index (χ3n) is 4.57. The molecule has 0 aliphatic rings. The summed E-state index contributed by atoms with van der Waals surface area (Å²) in [5.41, 5.74) is 0.784. The summed E-state index contributed by atoms with van der Waals surface area (Å²) in [6.07, 6.45) is 0.246. The third kappa shape index (κ3) is 4.18. The Morgan fingerprint density at radius 2 is 1.79 bits per heavy atom. The first-order chi connectivity index (χ1) is 13.9. The van der Waals surface area contributed by atoms with Crippen molar-refractivity contribution < 1.29 is 23.4 Å². The van der Waals surface area contributed by atoms with Gasteiger partial charge in [0.2, 0.25) is 5.75 Å². The molecule has 1 aromatic heterocycles. The first-order valence-electron chi connectivity index (χ1n) is 8.60. The lowest BCUT2D eigenvalue weighted by Crippen LogP contribution is -2.19. The molecule has 152 valence electrons. The fourth-order valence-electron chi connectivity index (χ4n) is 3.22. The van der Waals surface area contributed by atoms with E-state index in [1.165, 1.54) is 27.4 Å². The highest BCUT2D eigenvalue weighted by molar-refractivity contribution is 6.42. The maximum Gasteiger partial charge on any atom is 0.336 e. The molecule has 0 aliphatic carbocycles. The van der Waals surface area contributed by atoms with Gasteiger partial charge in [0.15, 0.2) is 11.3 Å². The second-order valence-electron chi connectivity index (χ2n) is 6.23. The van der Waals surface area contributed by atoms with Crippen LogP contribution in [-0.4, -0.2) is 27.3 Å². The number of carbonyl (C=O) groups excluding carboxylic acids is 1. The second-order valence-corrected chi connectivity index (χ2v) is 7.04. The van der Waals surface area contributed by atoms with Crippen LogP contribution in [0.5, 0.6) is 11.5 Å². The van der Waals surface area contributed by atoms with Crippen molar-refractivity contribution in [1.82, 2.24) is 0 Å². The van der Waals surface area contributed by atoms with Gasteiger partial charge >= 0.3 is 11.6 Å². The van der Waals surface area contributed by atoms with Crippen molar-refractivity contribution >= 4 is 40.1 Å². The van der Waals surface area contributed by atoms with Crippen LogP contribution in [0.1, 0.15) is 17.0 Å². The molecule has 0 amide bonds. The van der Waals surface area contributed by atoms with Crippen LogP contribution < -0.4 is 15.1 Å². The Kier molecular flexibility index (Phi) is 6.35. The first-order valence-corrected chi connectivity index (χ1v) is 9.35. The zero-order valence-corrected chi connectivity index (χ0v) is 17.5. The van der Waals surface area contributed by atoms with Crippen LogP contribution in [0.15, 0.2) is 45.6 Å². The highest BCUT2D eigenvalue weighted by atomic mass is 35.5. The average Bonchev–Trinajstić information content (AvgIpc) is 2.72. The Labute approximate surface area is 176 Å². The topological polar surface area (TPSA) is 75.0 Å². The molecule has 0 fully saturated rings. The summed E-state index contributed by atoms with van der Waals surface area (Å²) in [4.78, 5) is 24.9. The molecule has 3 rings (SSSR count). The van der Waals surface area contributed by atoms with Crippen LogP contribution in [0.4, 0.5) is 0 Å². The van der Waals surface area contributed by atoms with E-state index in [2.05, 4.69) is 0 Å². The van der Waals surface area contributed by atoms with Gasteiger partial charge in [-0.05, 0) is 41.8 Å².